The average molecular weight is 400 g/mol. The van der Waals surface area contributed by atoms with E-state index in [-0.39, 0.29) is 18.2 Å². The van der Waals surface area contributed by atoms with Crippen LogP contribution in [0.3, 0.4) is 0 Å². The van der Waals surface area contributed by atoms with Crippen LogP contribution in [0.1, 0.15) is 18.1 Å². The number of hydrogen-bond donors (Lipinski definition) is 2. The van der Waals surface area contributed by atoms with Crippen molar-refractivity contribution in [3.05, 3.63) is 59.4 Å². The Morgan fingerprint density at radius 1 is 1.21 bits per heavy atom. The molecule has 2 aromatic rings. The molecule has 154 valence electrons. The third kappa shape index (κ3) is 4.50. The quantitative estimate of drug-likeness (QED) is 0.748. The zero-order chi connectivity index (χ0) is 21.0. The van der Waals surface area contributed by atoms with Gasteiger partial charge in [-0.05, 0) is 48.7 Å². The third-order valence-corrected chi connectivity index (χ3v) is 5.20. The van der Waals surface area contributed by atoms with E-state index in [1.165, 1.54) is 12.1 Å². The van der Waals surface area contributed by atoms with E-state index in [2.05, 4.69) is 5.32 Å². The predicted octanol–water partition coefficient (Wildman–Crippen LogP) is 2.29. The van der Waals surface area contributed by atoms with Gasteiger partial charge in [0.05, 0.1) is 18.9 Å². The van der Waals surface area contributed by atoms with Gasteiger partial charge in [-0.2, -0.15) is 0 Å². The summed E-state index contributed by atoms with van der Waals surface area (Å²) in [5.41, 5.74) is 0.745. The minimum Gasteiger partial charge on any atom is -0.505 e. The second kappa shape index (κ2) is 8.51. The average Bonchev–Trinajstić information content (AvgIpc) is 2.67. The number of nitrogens with one attached hydrogen (secondary N) is 1. The summed E-state index contributed by atoms with van der Waals surface area (Å²) in [5, 5.41) is 12.2. The molecule has 29 heavy (non-hydrogen) atoms. The van der Waals surface area contributed by atoms with Crippen molar-refractivity contribution in [2.75, 3.05) is 26.7 Å². The zero-order valence-corrected chi connectivity index (χ0v) is 16.6. The van der Waals surface area contributed by atoms with Gasteiger partial charge in [0.15, 0.2) is 11.6 Å². The molecule has 1 saturated heterocycles. The Morgan fingerprint density at radius 3 is 2.62 bits per heavy atom. The number of nitrogens with zero attached hydrogens (tertiary/aromatic N) is 1. The number of phenols is 1. The maximum atomic E-state index is 13.5. The second-order valence-electron chi connectivity index (χ2n) is 7.38. The van der Waals surface area contributed by atoms with Crippen LogP contribution < -0.4 is 10.1 Å². The minimum absolute atomic E-state index is 0.0157. The van der Waals surface area contributed by atoms with Gasteiger partial charge in [-0.1, -0.05) is 18.2 Å². The topological polar surface area (TPSA) is 78.9 Å². The molecule has 6 nitrogen and oxygen atoms in total. The lowest BCUT2D eigenvalue weighted by molar-refractivity contribution is -0.153. The molecule has 3 rings (SSSR count). The van der Waals surface area contributed by atoms with Crippen molar-refractivity contribution in [3.63, 3.8) is 0 Å². The number of benzene rings is 2. The van der Waals surface area contributed by atoms with Crippen molar-refractivity contribution < 1.29 is 23.8 Å². The van der Waals surface area contributed by atoms with Crippen molar-refractivity contribution in [2.24, 2.45) is 5.41 Å². The Labute approximate surface area is 169 Å². The molecule has 0 radical (unpaired) electrons. The molecule has 0 bridgehead atoms. The van der Waals surface area contributed by atoms with Gasteiger partial charge in [-0.15, -0.1) is 0 Å². The fourth-order valence-electron chi connectivity index (χ4n) is 3.66. The predicted molar refractivity (Wildman–Crippen MR) is 106 cm³/mol. The van der Waals surface area contributed by atoms with E-state index in [9.17, 15) is 19.1 Å². The zero-order valence-electron chi connectivity index (χ0n) is 16.6. The summed E-state index contributed by atoms with van der Waals surface area (Å²) < 4.78 is 18.8. The standard InChI is InChI=1S/C22H25FN2O4/c1-3-24-21(28)22(12-16-5-4-6-17(9-16)29-2)13-25(14-22)20(27)11-15-7-8-19(26)18(23)10-15/h4-10,26H,3,11-14H2,1-2H3,(H,24,28). The first-order chi connectivity index (χ1) is 13.9. The highest BCUT2D eigenvalue weighted by molar-refractivity contribution is 5.88. The lowest BCUT2D eigenvalue weighted by Crippen LogP contribution is -2.65. The van der Waals surface area contributed by atoms with E-state index in [0.29, 0.717) is 31.6 Å². The number of halogens is 1. The van der Waals surface area contributed by atoms with Crippen LogP contribution in [0, 0.1) is 11.2 Å². The molecule has 2 amide bonds. The van der Waals surface area contributed by atoms with Crippen LogP contribution in [-0.4, -0.2) is 48.6 Å². The number of hydrogen-bond acceptors (Lipinski definition) is 4. The molecule has 7 heteroatoms. The molecule has 1 aliphatic heterocycles. The first-order valence-corrected chi connectivity index (χ1v) is 9.53. The summed E-state index contributed by atoms with van der Waals surface area (Å²) in [6.07, 6.45) is 0.509. The summed E-state index contributed by atoms with van der Waals surface area (Å²) in [7, 11) is 1.59. The number of methoxy groups -OCH3 is 1. The van der Waals surface area contributed by atoms with Gasteiger partial charge in [0.2, 0.25) is 11.8 Å². The van der Waals surface area contributed by atoms with Gasteiger partial charge in [0.25, 0.3) is 0 Å². The molecule has 0 aromatic heterocycles. The molecule has 0 saturated carbocycles. The fraction of sp³-hybridized carbons (Fsp3) is 0.364. The number of likely N-dealkylation sites (tertiary alicyclic amines) is 1. The van der Waals surface area contributed by atoms with E-state index >= 15 is 0 Å². The van der Waals surface area contributed by atoms with Crippen LogP contribution in [-0.2, 0) is 22.4 Å². The number of ether oxygens (including phenoxy) is 1. The van der Waals surface area contributed by atoms with Crippen LogP contribution in [0.15, 0.2) is 42.5 Å². The molecule has 1 fully saturated rings. The second-order valence-corrected chi connectivity index (χ2v) is 7.38. The number of aromatic hydroxyl groups is 1. The molecule has 1 heterocycles. The molecule has 1 aliphatic rings. The normalized spacial score (nSPS) is 14.8. The van der Waals surface area contributed by atoms with Crippen molar-refractivity contribution in [3.8, 4) is 11.5 Å². The smallest absolute Gasteiger partial charge is 0.230 e. The maximum Gasteiger partial charge on any atom is 0.230 e. The van der Waals surface area contributed by atoms with Crippen LogP contribution >= 0.6 is 0 Å². The number of carbonyl (C=O) groups is 2. The Hall–Kier alpha value is -3.09. The van der Waals surface area contributed by atoms with Gasteiger partial charge in [-0.25, -0.2) is 4.39 Å². The van der Waals surface area contributed by atoms with Crippen LogP contribution in [0.4, 0.5) is 4.39 Å². The highest BCUT2D eigenvalue weighted by Crippen LogP contribution is 2.36. The molecule has 2 aromatic carbocycles. The first-order valence-electron chi connectivity index (χ1n) is 9.53. The Morgan fingerprint density at radius 2 is 1.97 bits per heavy atom. The highest BCUT2D eigenvalue weighted by Gasteiger charge is 2.50. The Bertz CT molecular complexity index is 909. The summed E-state index contributed by atoms with van der Waals surface area (Å²) in [6.45, 7) is 2.97. The van der Waals surface area contributed by atoms with E-state index in [1.807, 2.05) is 31.2 Å². The Balaban J connectivity index is 1.71. The Kier molecular flexibility index (Phi) is 6.06. The van der Waals surface area contributed by atoms with E-state index in [0.717, 1.165) is 17.4 Å². The largest absolute Gasteiger partial charge is 0.505 e. The molecular weight excluding hydrogens is 375 g/mol. The van der Waals surface area contributed by atoms with Crippen molar-refractivity contribution >= 4 is 11.8 Å². The molecule has 0 atom stereocenters. The van der Waals surface area contributed by atoms with Gasteiger partial charge in [0.1, 0.15) is 5.75 Å². The first kappa shape index (κ1) is 20.6. The highest BCUT2D eigenvalue weighted by atomic mass is 19.1. The number of amides is 2. The lowest BCUT2D eigenvalue weighted by Gasteiger charge is -2.49. The van der Waals surface area contributed by atoms with E-state index in [4.69, 9.17) is 4.74 Å². The minimum atomic E-state index is -0.756. The van der Waals surface area contributed by atoms with Crippen molar-refractivity contribution in [1.82, 2.24) is 10.2 Å². The lowest BCUT2D eigenvalue weighted by atomic mass is 9.73. The van der Waals surface area contributed by atoms with Crippen molar-refractivity contribution in [2.45, 2.75) is 19.8 Å². The van der Waals surface area contributed by atoms with Gasteiger partial charge in [0, 0.05) is 19.6 Å². The summed E-state index contributed by atoms with van der Waals surface area (Å²) in [6, 6.07) is 11.5. The van der Waals surface area contributed by atoms with Crippen molar-refractivity contribution in [1.29, 1.82) is 0 Å². The maximum absolute atomic E-state index is 13.5. The van der Waals surface area contributed by atoms with Crippen LogP contribution in [0.25, 0.3) is 0 Å². The number of carbonyl (C=O) groups excluding carboxylic acids is 2. The van der Waals surface area contributed by atoms with Gasteiger partial charge >= 0.3 is 0 Å². The summed E-state index contributed by atoms with van der Waals surface area (Å²) in [5.74, 6) is -0.745. The van der Waals surface area contributed by atoms with E-state index < -0.39 is 17.0 Å². The van der Waals surface area contributed by atoms with Crippen LogP contribution in [0.5, 0.6) is 11.5 Å². The summed E-state index contributed by atoms with van der Waals surface area (Å²) in [4.78, 5) is 27.0. The molecular formula is C22H25FN2O4. The number of phenolic OH excluding ortho intramolecular Hbond substituents is 1. The summed E-state index contributed by atoms with van der Waals surface area (Å²) >= 11 is 0. The monoisotopic (exact) mass is 400 g/mol. The van der Waals surface area contributed by atoms with Gasteiger partial charge in [-0.3, -0.25) is 9.59 Å². The van der Waals surface area contributed by atoms with E-state index in [1.54, 1.807) is 12.0 Å². The molecule has 0 spiro atoms. The number of rotatable bonds is 7. The molecule has 2 N–H and O–H groups in total. The van der Waals surface area contributed by atoms with Crippen LogP contribution in [0.2, 0.25) is 0 Å². The third-order valence-electron chi connectivity index (χ3n) is 5.20. The SMILES string of the molecule is CCNC(=O)C1(Cc2cccc(OC)c2)CN(C(=O)Cc2ccc(O)c(F)c2)C1. The fourth-order valence-corrected chi connectivity index (χ4v) is 3.66. The molecule has 0 aliphatic carbocycles. The molecule has 0 unspecified atom stereocenters. The van der Waals surface area contributed by atoms with Gasteiger partial charge < -0.3 is 20.1 Å².